The first kappa shape index (κ1) is 13.5. The third kappa shape index (κ3) is 2.71. The standard InChI is InChI=1S/C16H14N4S/c1-12(13-6-3-2-4-7-13)20-16(15(11-17)18-19-20)10-14-8-5-9-21-14/h2-9,12H,10H2,1H3. The summed E-state index contributed by atoms with van der Waals surface area (Å²) in [5, 5.41) is 19.5. The van der Waals surface area contributed by atoms with E-state index in [1.165, 1.54) is 4.88 Å². The molecule has 1 aromatic carbocycles. The van der Waals surface area contributed by atoms with E-state index in [0.29, 0.717) is 12.1 Å². The van der Waals surface area contributed by atoms with Crippen molar-refractivity contribution in [2.24, 2.45) is 0 Å². The Morgan fingerprint density at radius 2 is 2.05 bits per heavy atom. The van der Waals surface area contributed by atoms with Crippen LogP contribution in [-0.4, -0.2) is 15.0 Å². The first-order chi connectivity index (χ1) is 10.3. The van der Waals surface area contributed by atoms with Gasteiger partial charge in [0.2, 0.25) is 0 Å². The summed E-state index contributed by atoms with van der Waals surface area (Å²) >= 11 is 1.68. The Hall–Kier alpha value is -2.45. The van der Waals surface area contributed by atoms with Gasteiger partial charge in [-0.05, 0) is 23.9 Å². The lowest BCUT2D eigenvalue weighted by atomic mass is 10.1. The third-order valence-corrected chi connectivity index (χ3v) is 4.34. The highest BCUT2D eigenvalue weighted by molar-refractivity contribution is 7.09. The van der Waals surface area contributed by atoms with Gasteiger partial charge in [-0.2, -0.15) is 5.26 Å². The minimum Gasteiger partial charge on any atom is -0.240 e. The molecule has 0 aliphatic heterocycles. The van der Waals surface area contributed by atoms with E-state index < -0.39 is 0 Å². The summed E-state index contributed by atoms with van der Waals surface area (Å²) in [6.07, 6.45) is 0.685. The molecule has 2 heterocycles. The van der Waals surface area contributed by atoms with Crippen molar-refractivity contribution in [2.45, 2.75) is 19.4 Å². The molecule has 0 saturated carbocycles. The lowest BCUT2D eigenvalue weighted by Crippen LogP contribution is -2.12. The Morgan fingerprint density at radius 3 is 2.71 bits per heavy atom. The van der Waals surface area contributed by atoms with Gasteiger partial charge in [0.1, 0.15) is 6.07 Å². The molecule has 104 valence electrons. The van der Waals surface area contributed by atoms with Crippen LogP contribution in [0.2, 0.25) is 0 Å². The number of nitrogens with zero attached hydrogens (tertiary/aromatic N) is 4. The zero-order valence-corrected chi connectivity index (χ0v) is 12.4. The predicted octanol–water partition coefficient (Wildman–Crippen LogP) is 3.41. The van der Waals surface area contributed by atoms with E-state index >= 15 is 0 Å². The quantitative estimate of drug-likeness (QED) is 0.741. The van der Waals surface area contributed by atoms with E-state index in [1.807, 2.05) is 34.3 Å². The van der Waals surface area contributed by atoms with E-state index in [1.54, 1.807) is 11.3 Å². The second-order valence-electron chi connectivity index (χ2n) is 4.78. The summed E-state index contributed by atoms with van der Waals surface area (Å²) in [5.41, 5.74) is 2.43. The zero-order valence-electron chi connectivity index (χ0n) is 11.6. The molecule has 0 bridgehead atoms. The summed E-state index contributed by atoms with van der Waals surface area (Å²) < 4.78 is 1.85. The Labute approximate surface area is 127 Å². The molecule has 21 heavy (non-hydrogen) atoms. The molecule has 1 atom stereocenters. The number of hydrogen-bond donors (Lipinski definition) is 0. The first-order valence-corrected chi connectivity index (χ1v) is 7.59. The van der Waals surface area contributed by atoms with Gasteiger partial charge in [-0.25, -0.2) is 4.68 Å². The van der Waals surface area contributed by atoms with E-state index in [2.05, 4.69) is 41.5 Å². The lowest BCUT2D eigenvalue weighted by Gasteiger charge is -2.14. The molecule has 4 nitrogen and oxygen atoms in total. The molecule has 0 aliphatic rings. The minimum absolute atomic E-state index is 0.0516. The van der Waals surface area contributed by atoms with Gasteiger partial charge in [0.15, 0.2) is 5.69 Å². The second-order valence-corrected chi connectivity index (χ2v) is 5.82. The van der Waals surface area contributed by atoms with Crippen molar-refractivity contribution in [3.63, 3.8) is 0 Å². The monoisotopic (exact) mass is 294 g/mol. The van der Waals surface area contributed by atoms with Crippen molar-refractivity contribution in [3.8, 4) is 6.07 Å². The summed E-state index contributed by atoms with van der Waals surface area (Å²) in [7, 11) is 0. The van der Waals surface area contributed by atoms with Gasteiger partial charge in [-0.15, -0.1) is 16.4 Å². The highest BCUT2D eigenvalue weighted by Gasteiger charge is 2.18. The van der Waals surface area contributed by atoms with Crippen molar-refractivity contribution in [2.75, 3.05) is 0 Å². The highest BCUT2D eigenvalue weighted by Crippen LogP contribution is 2.23. The smallest absolute Gasteiger partial charge is 0.186 e. The van der Waals surface area contributed by atoms with Crippen molar-refractivity contribution in [1.29, 1.82) is 5.26 Å². The van der Waals surface area contributed by atoms with Crippen molar-refractivity contribution >= 4 is 11.3 Å². The fourth-order valence-electron chi connectivity index (χ4n) is 2.33. The predicted molar refractivity (Wildman–Crippen MR) is 82.1 cm³/mol. The number of rotatable bonds is 4. The van der Waals surface area contributed by atoms with Crippen molar-refractivity contribution in [1.82, 2.24) is 15.0 Å². The lowest BCUT2D eigenvalue weighted by molar-refractivity contribution is 0.526. The fraction of sp³-hybridized carbons (Fsp3) is 0.188. The van der Waals surface area contributed by atoms with Gasteiger partial charge in [-0.3, -0.25) is 0 Å². The number of nitriles is 1. The molecule has 3 rings (SSSR count). The van der Waals surface area contributed by atoms with Crippen LogP contribution in [0.25, 0.3) is 0 Å². The molecular formula is C16H14N4S. The molecule has 2 aromatic heterocycles. The minimum atomic E-state index is 0.0516. The van der Waals surface area contributed by atoms with Crippen molar-refractivity contribution < 1.29 is 0 Å². The average Bonchev–Trinajstić information content (AvgIpc) is 3.17. The van der Waals surface area contributed by atoms with Gasteiger partial charge in [0.05, 0.1) is 11.7 Å². The van der Waals surface area contributed by atoms with E-state index in [0.717, 1.165) is 11.3 Å². The number of aromatic nitrogens is 3. The fourth-order valence-corrected chi connectivity index (χ4v) is 3.04. The summed E-state index contributed by atoms with van der Waals surface area (Å²) in [4.78, 5) is 1.20. The maximum atomic E-state index is 9.25. The zero-order chi connectivity index (χ0) is 14.7. The van der Waals surface area contributed by atoms with Gasteiger partial charge in [0.25, 0.3) is 0 Å². The first-order valence-electron chi connectivity index (χ1n) is 6.71. The van der Waals surface area contributed by atoms with E-state index in [4.69, 9.17) is 0 Å². The van der Waals surface area contributed by atoms with Crippen LogP contribution < -0.4 is 0 Å². The maximum Gasteiger partial charge on any atom is 0.186 e. The van der Waals surface area contributed by atoms with Crippen LogP contribution in [0, 0.1) is 11.3 Å². The van der Waals surface area contributed by atoms with Gasteiger partial charge >= 0.3 is 0 Å². The molecule has 1 unspecified atom stereocenters. The van der Waals surface area contributed by atoms with E-state index in [-0.39, 0.29) is 6.04 Å². The van der Waals surface area contributed by atoms with Crippen LogP contribution in [0.3, 0.4) is 0 Å². The van der Waals surface area contributed by atoms with Crippen LogP contribution in [0.4, 0.5) is 0 Å². The molecule has 0 saturated heterocycles. The van der Waals surface area contributed by atoms with Gasteiger partial charge in [-0.1, -0.05) is 41.6 Å². The van der Waals surface area contributed by atoms with Gasteiger partial charge in [0, 0.05) is 11.3 Å². The Kier molecular flexibility index (Phi) is 3.80. The molecule has 0 aliphatic carbocycles. The SMILES string of the molecule is CC(c1ccccc1)n1nnc(C#N)c1Cc1cccs1. The Balaban J connectivity index is 1.99. The number of benzene rings is 1. The summed E-state index contributed by atoms with van der Waals surface area (Å²) in [6.45, 7) is 2.07. The highest BCUT2D eigenvalue weighted by atomic mass is 32.1. The van der Waals surface area contributed by atoms with Crippen LogP contribution in [0.5, 0.6) is 0 Å². The molecule has 0 spiro atoms. The Morgan fingerprint density at radius 1 is 1.24 bits per heavy atom. The number of hydrogen-bond acceptors (Lipinski definition) is 4. The van der Waals surface area contributed by atoms with Crippen LogP contribution >= 0.6 is 11.3 Å². The normalized spacial score (nSPS) is 12.0. The molecule has 0 amide bonds. The Bertz CT molecular complexity index is 753. The molecule has 0 N–H and O–H groups in total. The average molecular weight is 294 g/mol. The topological polar surface area (TPSA) is 54.5 Å². The van der Waals surface area contributed by atoms with Crippen LogP contribution in [0.15, 0.2) is 47.8 Å². The largest absolute Gasteiger partial charge is 0.240 e. The number of thiophene rings is 1. The maximum absolute atomic E-state index is 9.25. The molecule has 0 radical (unpaired) electrons. The molecular weight excluding hydrogens is 280 g/mol. The molecule has 3 aromatic rings. The molecule has 0 fully saturated rings. The summed E-state index contributed by atoms with van der Waals surface area (Å²) in [6, 6.07) is 16.4. The van der Waals surface area contributed by atoms with Crippen LogP contribution in [0.1, 0.15) is 34.8 Å². The van der Waals surface area contributed by atoms with Crippen LogP contribution in [-0.2, 0) is 6.42 Å². The summed E-state index contributed by atoms with van der Waals surface area (Å²) in [5.74, 6) is 0. The van der Waals surface area contributed by atoms with E-state index in [9.17, 15) is 5.26 Å². The second kappa shape index (κ2) is 5.90. The third-order valence-electron chi connectivity index (χ3n) is 3.47. The van der Waals surface area contributed by atoms with Gasteiger partial charge < -0.3 is 0 Å². The molecule has 5 heteroatoms. The van der Waals surface area contributed by atoms with Crippen molar-refractivity contribution in [3.05, 3.63) is 69.7 Å².